The van der Waals surface area contributed by atoms with E-state index in [4.69, 9.17) is 16.3 Å². The zero-order chi connectivity index (χ0) is 15.1. The molecule has 0 aliphatic carbocycles. The first-order valence-corrected chi connectivity index (χ1v) is 7.17. The van der Waals surface area contributed by atoms with Crippen LogP contribution in [0.3, 0.4) is 0 Å². The topological polar surface area (TPSA) is 55.6 Å². The molecule has 0 spiro atoms. The van der Waals surface area contributed by atoms with E-state index in [9.17, 15) is 10.1 Å². The number of hydrogen-bond acceptors (Lipinski definition) is 4. The smallest absolute Gasteiger partial charge is 0.292 e. The second-order valence-corrected chi connectivity index (χ2v) is 4.92. The van der Waals surface area contributed by atoms with Gasteiger partial charge in [0, 0.05) is 31.6 Å². The summed E-state index contributed by atoms with van der Waals surface area (Å²) in [5.41, 5.74) is 1.47. The van der Waals surface area contributed by atoms with Gasteiger partial charge in [0.25, 0.3) is 5.69 Å². The molecule has 0 saturated carbocycles. The van der Waals surface area contributed by atoms with E-state index in [1.165, 1.54) is 0 Å². The normalized spacial score (nSPS) is 12.2. The molecule has 20 heavy (non-hydrogen) atoms. The molecule has 1 atom stereocenters. The van der Waals surface area contributed by atoms with Gasteiger partial charge in [0.1, 0.15) is 5.69 Å². The fourth-order valence-corrected chi connectivity index (χ4v) is 2.20. The van der Waals surface area contributed by atoms with Crippen LogP contribution in [0.2, 0.25) is 0 Å². The van der Waals surface area contributed by atoms with Crippen LogP contribution in [-0.2, 0) is 10.6 Å². The van der Waals surface area contributed by atoms with Gasteiger partial charge in [-0.25, -0.2) is 0 Å². The fourth-order valence-electron chi connectivity index (χ4n) is 2.03. The van der Waals surface area contributed by atoms with Crippen molar-refractivity contribution < 1.29 is 9.66 Å². The molecule has 5 nitrogen and oxygen atoms in total. The van der Waals surface area contributed by atoms with Gasteiger partial charge in [-0.3, -0.25) is 10.1 Å². The van der Waals surface area contributed by atoms with Crippen molar-refractivity contribution in [1.82, 2.24) is 0 Å². The number of anilines is 1. The molecule has 0 aliphatic rings. The summed E-state index contributed by atoms with van der Waals surface area (Å²) < 4.78 is 5.10. The molecule has 0 N–H and O–H groups in total. The summed E-state index contributed by atoms with van der Waals surface area (Å²) in [5.74, 6) is 0.266. The summed E-state index contributed by atoms with van der Waals surface area (Å²) in [5, 5.41) is 11.3. The first-order chi connectivity index (χ1) is 9.54. The van der Waals surface area contributed by atoms with E-state index in [0.29, 0.717) is 18.8 Å². The highest BCUT2D eigenvalue weighted by Gasteiger charge is 2.22. The molecule has 1 aromatic rings. The zero-order valence-electron chi connectivity index (χ0n) is 12.1. The Balaban J connectivity index is 3.20. The Kier molecular flexibility index (Phi) is 6.75. The van der Waals surface area contributed by atoms with E-state index in [-0.39, 0.29) is 22.5 Å². The predicted molar refractivity (Wildman–Crippen MR) is 81.6 cm³/mol. The third-order valence-corrected chi connectivity index (χ3v) is 3.67. The lowest BCUT2D eigenvalue weighted by Crippen LogP contribution is -2.35. The van der Waals surface area contributed by atoms with Gasteiger partial charge < -0.3 is 9.64 Å². The minimum Gasteiger partial charge on any atom is -0.383 e. The number of methoxy groups -OCH3 is 1. The zero-order valence-corrected chi connectivity index (χ0v) is 12.9. The number of alkyl halides is 1. The standard InChI is InChI=1S/C14H21ClN2O3/c1-4-11(2)16(7-8-20-3)13-6-5-12(10-15)9-14(13)17(18)19/h5-6,9,11H,4,7-8,10H2,1-3H3. The largest absolute Gasteiger partial charge is 0.383 e. The molecular weight excluding hydrogens is 280 g/mol. The van der Waals surface area contributed by atoms with Crippen molar-refractivity contribution in [3.8, 4) is 0 Å². The molecule has 6 heteroatoms. The Morgan fingerprint density at radius 3 is 2.70 bits per heavy atom. The maximum absolute atomic E-state index is 11.3. The van der Waals surface area contributed by atoms with Gasteiger partial charge in [0.15, 0.2) is 0 Å². The van der Waals surface area contributed by atoms with Crippen LogP contribution in [-0.4, -0.2) is 31.2 Å². The highest BCUT2D eigenvalue weighted by Crippen LogP contribution is 2.31. The number of nitrogens with zero attached hydrogens (tertiary/aromatic N) is 2. The average Bonchev–Trinajstić information content (AvgIpc) is 2.47. The number of nitro groups is 1. The number of benzene rings is 1. The summed E-state index contributed by atoms with van der Waals surface area (Å²) >= 11 is 5.75. The van der Waals surface area contributed by atoms with Crippen LogP contribution in [0.1, 0.15) is 25.8 Å². The highest BCUT2D eigenvalue weighted by molar-refractivity contribution is 6.17. The number of nitro benzene ring substituents is 1. The van der Waals surface area contributed by atoms with Crippen LogP contribution in [0.25, 0.3) is 0 Å². The van der Waals surface area contributed by atoms with E-state index in [1.807, 2.05) is 11.0 Å². The summed E-state index contributed by atoms with van der Waals surface area (Å²) in [6.07, 6.45) is 0.901. The van der Waals surface area contributed by atoms with Gasteiger partial charge in [-0.1, -0.05) is 13.0 Å². The third kappa shape index (κ3) is 4.08. The molecule has 112 valence electrons. The van der Waals surface area contributed by atoms with Gasteiger partial charge in [0.2, 0.25) is 0 Å². The lowest BCUT2D eigenvalue weighted by molar-refractivity contribution is -0.384. The minimum atomic E-state index is -0.354. The number of rotatable bonds is 8. The van der Waals surface area contributed by atoms with Gasteiger partial charge in [-0.2, -0.15) is 0 Å². The fraction of sp³-hybridized carbons (Fsp3) is 0.571. The van der Waals surface area contributed by atoms with Crippen molar-refractivity contribution in [1.29, 1.82) is 0 Å². The lowest BCUT2D eigenvalue weighted by atomic mass is 10.1. The second-order valence-electron chi connectivity index (χ2n) is 4.66. The van der Waals surface area contributed by atoms with Gasteiger partial charge in [-0.05, 0) is 25.0 Å². The van der Waals surface area contributed by atoms with Crippen LogP contribution < -0.4 is 4.90 Å². The molecule has 1 unspecified atom stereocenters. The summed E-state index contributed by atoms with van der Waals surface area (Å²) in [4.78, 5) is 12.9. The maximum atomic E-state index is 11.3. The second kappa shape index (κ2) is 8.07. The van der Waals surface area contributed by atoms with E-state index >= 15 is 0 Å². The van der Waals surface area contributed by atoms with Crippen molar-refractivity contribution in [3.63, 3.8) is 0 Å². The van der Waals surface area contributed by atoms with Crippen LogP contribution in [0, 0.1) is 10.1 Å². The van der Waals surface area contributed by atoms with Crippen molar-refractivity contribution in [3.05, 3.63) is 33.9 Å². The SMILES string of the molecule is CCC(C)N(CCOC)c1ccc(CCl)cc1[N+](=O)[O-]. The van der Waals surface area contributed by atoms with E-state index in [0.717, 1.165) is 12.0 Å². The van der Waals surface area contributed by atoms with E-state index < -0.39 is 0 Å². The number of halogens is 1. The molecule has 0 aliphatic heterocycles. The molecule has 0 heterocycles. The molecule has 0 radical (unpaired) electrons. The van der Waals surface area contributed by atoms with Gasteiger partial charge >= 0.3 is 0 Å². The molecule has 1 aromatic carbocycles. The molecule has 0 aromatic heterocycles. The molecule has 0 fully saturated rings. The third-order valence-electron chi connectivity index (χ3n) is 3.36. The molecule has 0 saturated heterocycles. The lowest BCUT2D eigenvalue weighted by Gasteiger charge is -2.30. The Bertz CT molecular complexity index is 454. The van der Waals surface area contributed by atoms with Crippen molar-refractivity contribution in [2.45, 2.75) is 32.2 Å². The van der Waals surface area contributed by atoms with Crippen molar-refractivity contribution in [2.24, 2.45) is 0 Å². The molecule has 0 bridgehead atoms. The molecule has 1 rings (SSSR count). The average molecular weight is 301 g/mol. The number of hydrogen-bond donors (Lipinski definition) is 0. The maximum Gasteiger partial charge on any atom is 0.292 e. The van der Waals surface area contributed by atoms with Crippen LogP contribution in [0.4, 0.5) is 11.4 Å². The monoisotopic (exact) mass is 300 g/mol. The van der Waals surface area contributed by atoms with E-state index in [2.05, 4.69) is 13.8 Å². The van der Waals surface area contributed by atoms with Gasteiger partial charge in [-0.15, -0.1) is 11.6 Å². The Morgan fingerprint density at radius 2 is 2.20 bits per heavy atom. The quantitative estimate of drug-likeness (QED) is 0.418. The first kappa shape index (κ1) is 16.7. The summed E-state index contributed by atoms with van der Waals surface area (Å²) in [7, 11) is 1.62. The predicted octanol–water partition coefficient (Wildman–Crippen LogP) is 3.58. The van der Waals surface area contributed by atoms with Crippen LogP contribution >= 0.6 is 11.6 Å². The minimum absolute atomic E-state index is 0.0968. The van der Waals surface area contributed by atoms with Gasteiger partial charge in [0.05, 0.1) is 11.5 Å². The summed E-state index contributed by atoms with van der Waals surface area (Å²) in [6, 6.07) is 5.35. The number of ether oxygens (including phenoxy) is 1. The molecule has 0 amide bonds. The Morgan fingerprint density at radius 1 is 1.50 bits per heavy atom. The van der Waals surface area contributed by atoms with Crippen LogP contribution in [0.5, 0.6) is 0 Å². The van der Waals surface area contributed by atoms with Crippen LogP contribution in [0.15, 0.2) is 18.2 Å². The highest BCUT2D eigenvalue weighted by atomic mass is 35.5. The first-order valence-electron chi connectivity index (χ1n) is 6.64. The Hall–Kier alpha value is -1.33. The van der Waals surface area contributed by atoms with Crippen molar-refractivity contribution in [2.75, 3.05) is 25.2 Å². The Labute approximate surface area is 124 Å². The van der Waals surface area contributed by atoms with Crippen molar-refractivity contribution >= 4 is 23.0 Å². The van der Waals surface area contributed by atoms with E-state index in [1.54, 1.807) is 19.2 Å². The summed E-state index contributed by atoms with van der Waals surface area (Å²) in [6.45, 7) is 5.25. The molecular formula is C14H21ClN2O3.